The molecule has 1 saturated carbocycles. The van der Waals surface area contributed by atoms with Crippen molar-refractivity contribution in [3.05, 3.63) is 71.8 Å². The molecule has 3 atom stereocenters. The van der Waals surface area contributed by atoms with Gasteiger partial charge >= 0.3 is 0 Å². The van der Waals surface area contributed by atoms with Gasteiger partial charge < -0.3 is 4.74 Å². The van der Waals surface area contributed by atoms with Crippen LogP contribution in [-0.4, -0.2) is 25.4 Å². The van der Waals surface area contributed by atoms with Crippen LogP contribution < -0.4 is 0 Å². The zero-order valence-corrected chi connectivity index (χ0v) is 15.8. The molecule has 0 bridgehead atoms. The van der Waals surface area contributed by atoms with Crippen molar-refractivity contribution in [1.82, 2.24) is 0 Å². The minimum absolute atomic E-state index is 0.220. The van der Waals surface area contributed by atoms with Gasteiger partial charge in [0, 0.05) is 0 Å². The lowest BCUT2D eigenvalue weighted by molar-refractivity contribution is 0.329. The third-order valence-electron chi connectivity index (χ3n) is 5.67. The van der Waals surface area contributed by atoms with Crippen LogP contribution in [0.2, 0.25) is 0 Å². The fourth-order valence-electron chi connectivity index (χ4n) is 3.98. The first-order valence-corrected chi connectivity index (χ1v) is 10.8. The van der Waals surface area contributed by atoms with Gasteiger partial charge in [0.2, 0.25) is 0 Å². The summed E-state index contributed by atoms with van der Waals surface area (Å²) in [4.78, 5) is 0.419. The Morgan fingerprint density at radius 1 is 1.00 bits per heavy atom. The monoisotopic (exact) mass is 368 g/mol. The second-order valence-corrected chi connectivity index (χ2v) is 9.64. The van der Waals surface area contributed by atoms with E-state index in [1.807, 2.05) is 36.4 Å². The molecule has 2 aromatic carbocycles. The van der Waals surface area contributed by atoms with Crippen LogP contribution in [0.25, 0.3) is 6.08 Å². The van der Waals surface area contributed by atoms with Gasteiger partial charge in [-0.25, -0.2) is 8.42 Å². The molecule has 4 heteroatoms. The van der Waals surface area contributed by atoms with E-state index in [1.165, 1.54) is 0 Å². The standard InChI is InChI=1S/C22H24O3S/c1-22-18(15-17-9-4-2-5-10-17)16-20(13-8-14-21(22)25-22)26(23,24)19-11-6-3-7-12-19/h2-7,9-12,15,20-21H,8,13-14,16H2,1H3/b18-15+/t20-,21-,22+/m1/s1. The Morgan fingerprint density at radius 2 is 1.65 bits per heavy atom. The Bertz CT molecular complexity index is 903. The molecule has 0 unspecified atom stereocenters. The van der Waals surface area contributed by atoms with Crippen molar-refractivity contribution in [2.45, 2.75) is 54.5 Å². The van der Waals surface area contributed by atoms with Gasteiger partial charge in [-0.05, 0) is 55.9 Å². The molecule has 136 valence electrons. The van der Waals surface area contributed by atoms with Gasteiger partial charge in [-0.3, -0.25) is 0 Å². The second kappa shape index (κ2) is 6.67. The van der Waals surface area contributed by atoms with Gasteiger partial charge in [0.05, 0.1) is 16.2 Å². The van der Waals surface area contributed by atoms with Crippen LogP contribution in [0.3, 0.4) is 0 Å². The van der Waals surface area contributed by atoms with Gasteiger partial charge in [0.15, 0.2) is 9.84 Å². The number of fused-ring (bicyclic) bond motifs is 1. The van der Waals surface area contributed by atoms with Crippen molar-refractivity contribution in [3.8, 4) is 0 Å². The predicted molar refractivity (Wildman–Crippen MR) is 104 cm³/mol. The summed E-state index contributed by atoms with van der Waals surface area (Å²) < 4.78 is 32.4. The van der Waals surface area contributed by atoms with Crippen molar-refractivity contribution in [1.29, 1.82) is 0 Å². The molecule has 1 aliphatic carbocycles. The molecule has 3 nitrogen and oxygen atoms in total. The first-order valence-electron chi connectivity index (χ1n) is 9.23. The maximum atomic E-state index is 13.2. The zero-order chi connectivity index (χ0) is 18.2. The Kier molecular flexibility index (Phi) is 4.49. The predicted octanol–water partition coefficient (Wildman–Crippen LogP) is 4.64. The summed E-state index contributed by atoms with van der Waals surface area (Å²) in [6.07, 6.45) is 5.36. The molecule has 2 aliphatic rings. The molecule has 0 aromatic heterocycles. The van der Waals surface area contributed by atoms with Gasteiger partial charge in [-0.1, -0.05) is 54.6 Å². The van der Waals surface area contributed by atoms with E-state index in [9.17, 15) is 8.42 Å². The van der Waals surface area contributed by atoms with Crippen LogP contribution in [0, 0.1) is 0 Å². The molecular weight excluding hydrogens is 344 g/mol. The maximum absolute atomic E-state index is 13.2. The molecule has 26 heavy (non-hydrogen) atoms. The summed E-state index contributed by atoms with van der Waals surface area (Å²) in [6.45, 7) is 2.10. The highest BCUT2D eigenvalue weighted by Crippen LogP contribution is 2.50. The average Bonchev–Trinajstić information content (AvgIpc) is 3.30. The summed E-state index contributed by atoms with van der Waals surface area (Å²) in [5.74, 6) is 0. The van der Waals surface area contributed by atoms with Crippen LogP contribution in [0.15, 0.2) is 71.1 Å². The van der Waals surface area contributed by atoms with Crippen LogP contribution >= 0.6 is 0 Å². The van der Waals surface area contributed by atoms with Crippen LogP contribution in [0.5, 0.6) is 0 Å². The van der Waals surface area contributed by atoms with Crippen molar-refractivity contribution >= 4 is 15.9 Å². The van der Waals surface area contributed by atoms with Crippen LogP contribution in [0.1, 0.15) is 38.2 Å². The van der Waals surface area contributed by atoms with Gasteiger partial charge in [-0.15, -0.1) is 0 Å². The van der Waals surface area contributed by atoms with E-state index in [2.05, 4.69) is 13.0 Å². The number of rotatable bonds is 3. The summed E-state index contributed by atoms with van der Waals surface area (Å²) in [6, 6.07) is 18.9. The Hall–Kier alpha value is -1.91. The van der Waals surface area contributed by atoms with Crippen LogP contribution in [-0.2, 0) is 14.6 Å². The second-order valence-electron chi connectivity index (χ2n) is 7.41. The minimum atomic E-state index is -3.35. The molecule has 0 radical (unpaired) electrons. The molecule has 1 saturated heterocycles. The quantitative estimate of drug-likeness (QED) is 0.741. The van der Waals surface area contributed by atoms with Crippen molar-refractivity contribution < 1.29 is 13.2 Å². The SMILES string of the molecule is C[C@@]12O[C@@H]1CCC[C@@H](S(=O)(=O)c1ccccc1)C/C2=C\c1ccccc1. The lowest BCUT2D eigenvalue weighted by Crippen LogP contribution is -2.28. The first-order chi connectivity index (χ1) is 12.5. The Balaban J connectivity index is 1.70. The van der Waals surface area contributed by atoms with E-state index in [4.69, 9.17) is 4.74 Å². The van der Waals surface area contributed by atoms with E-state index in [1.54, 1.807) is 24.3 Å². The molecule has 2 aromatic rings. The van der Waals surface area contributed by atoms with E-state index in [0.717, 1.165) is 24.0 Å². The van der Waals surface area contributed by atoms with E-state index in [-0.39, 0.29) is 11.7 Å². The normalized spacial score (nSPS) is 30.3. The maximum Gasteiger partial charge on any atom is 0.181 e. The number of benzene rings is 2. The number of epoxide rings is 1. The molecule has 2 fully saturated rings. The highest BCUT2D eigenvalue weighted by atomic mass is 32.2. The molecule has 4 rings (SSSR count). The van der Waals surface area contributed by atoms with Crippen molar-refractivity contribution in [2.75, 3.05) is 0 Å². The number of hydrogen-bond acceptors (Lipinski definition) is 3. The smallest absolute Gasteiger partial charge is 0.181 e. The number of hydrogen-bond donors (Lipinski definition) is 0. The molecule has 1 aliphatic heterocycles. The molecule has 1 heterocycles. The Morgan fingerprint density at radius 3 is 2.35 bits per heavy atom. The molecular formula is C22H24O3S. The van der Waals surface area contributed by atoms with Gasteiger partial charge in [-0.2, -0.15) is 0 Å². The van der Waals surface area contributed by atoms with Gasteiger partial charge in [0.25, 0.3) is 0 Å². The minimum Gasteiger partial charge on any atom is -0.362 e. The Labute approximate surface area is 155 Å². The fourth-order valence-corrected chi connectivity index (χ4v) is 5.78. The van der Waals surface area contributed by atoms with Gasteiger partial charge in [0.1, 0.15) is 5.60 Å². The lowest BCUT2D eigenvalue weighted by Gasteiger charge is -2.24. The van der Waals surface area contributed by atoms with E-state index >= 15 is 0 Å². The summed E-state index contributed by atoms with van der Waals surface area (Å²) in [5.41, 5.74) is 1.87. The van der Waals surface area contributed by atoms with Crippen molar-refractivity contribution in [3.63, 3.8) is 0 Å². The lowest BCUT2D eigenvalue weighted by atomic mass is 9.86. The molecule has 0 N–H and O–H groups in total. The zero-order valence-electron chi connectivity index (χ0n) is 15.0. The largest absolute Gasteiger partial charge is 0.362 e. The topological polar surface area (TPSA) is 46.7 Å². The summed E-state index contributed by atoms with van der Waals surface area (Å²) in [7, 11) is -3.35. The highest BCUT2D eigenvalue weighted by molar-refractivity contribution is 7.92. The average molecular weight is 368 g/mol. The number of ether oxygens (including phenoxy) is 1. The summed E-state index contributed by atoms with van der Waals surface area (Å²) in [5, 5.41) is -0.401. The molecule has 0 amide bonds. The van der Waals surface area contributed by atoms with E-state index in [0.29, 0.717) is 17.7 Å². The first kappa shape index (κ1) is 17.5. The van der Waals surface area contributed by atoms with E-state index < -0.39 is 15.1 Å². The number of sulfone groups is 1. The molecule has 0 spiro atoms. The van der Waals surface area contributed by atoms with Crippen LogP contribution in [0.4, 0.5) is 0 Å². The highest BCUT2D eigenvalue weighted by Gasteiger charge is 2.55. The third kappa shape index (κ3) is 3.24. The summed E-state index contributed by atoms with van der Waals surface area (Å²) >= 11 is 0. The fraction of sp³-hybridized carbons (Fsp3) is 0.364. The third-order valence-corrected chi connectivity index (χ3v) is 7.88. The van der Waals surface area contributed by atoms with Crippen molar-refractivity contribution in [2.24, 2.45) is 0 Å².